The molecule has 1 heterocycles. The minimum absolute atomic E-state index is 0.120. The molecule has 2 unspecified atom stereocenters. The Labute approximate surface area is 99.9 Å². The molecular formula is C14H14N2O. The van der Waals surface area contributed by atoms with Gasteiger partial charge >= 0.3 is 0 Å². The van der Waals surface area contributed by atoms with Crippen LogP contribution in [0.25, 0.3) is 10.9 Å². The van der Waals surface area contributed by atoms with Gasteiger partial charge < -0.3 is 5.32 Å². The largest absolute Gasteiger partial charge is 0.324 e. The second-order valence-electron chi connectivity index (χ2n) is 4.73. The topological polar surface area (TPSA) is 42.0 Å². The molecule has 3 heteroatoms. The molecule has 0 saturated heterocycles. The maximum absolute atomic E-state index is 11.8. The van der Waals surface area contributed by atoms with E-state index in [2.05, 4.69) is 17.2 Å². The lowest BCUT2D eigenvalue weighted by atomic mass is 10.2. The smallest absolute Gasteiger partial charge is 0.227 e. The van der Waals surface area contributed by atoms with Crippen LogP contribution in [0, 0.1) is 11.8 Å². The fourth-order valence-corrected chi connectivity index (χ4v) is 2.06. The number of nitrogens with one attached hydrogen (secondary N) is 1. The Kier molecular flexibility index (Phi) is 2.32. The highest BCUT2D eigenvalue weighted by atomic mass is 16.2. The highest BCUT2D eigenvalue weighted by Crippen LogP contribution is 2.38. The van der Waals surface area contributed by atoms with Crippen molar-refractivity contribution in [2.45, 2.75) is 13.3 Å². The first-order chi connectivity index (χ1) is 8.24. The number of pyridine rings is 1. The number of anilines is 1. The third-order valence-electron chi connectivity index (χ3n) is 3.30. The van der Waals surface area contributed by atoms with Gasteiger partial charge in [-0.3, -0.25) is 9.78 Å². The minimum atomic E-state index is 0.120. The van der Waals surface area contributed by atoms with Crippen LogP contribution < -0.4 is 5.32 Å². The summed E-state index contributed by atoms with van der Waals surface area (Å²) in [7, 11) is 0. The molecule has 0 radical (unpaired) electrons. The molecule has 86 valence electrons. The second kappa shape index (κ2) is 3.84. The predicted molar refractivity (Wildman–Crippen MR) is 67.6 cm³/mol. The van der Waals surface area contributed by atoms with E-state index in [1.54, 1.807) is 6.20 Å². The zero-order valence-corrected chi connectivity index (χ0v) is 9.68. The Morgan fingerprint density at radius 3 is 2.94 bits per heavy atom. The number of hydrogen-bond donors (Lipinski definition) is 1. The molecule has 0 bridgehead atoms. The average Bonchev–Trinajstić information content (AvgIpc) is 3.06. The van der Waals surface area contributed by atoms with E-state index < -0.39 is 0 Å². The Bertz CT molecular complexity index is 579. The number of para-hydroxylation sites is 1. The predicted octanol–water partition coefficient (Wildman–Crippen LogP) is 2.83. The number of nitrogens with zero attached hydrogens (tertiary/aromatic N) is 1. The van der Waals surface area contributed by atoms with E-state index in [1.807, 2.05) is 30.3 Å². The van der Waals surface area contributed by atoms with Crippen LogP contribution >= 0.6 is 0 Å². The Morgan fingerprint density at radius 2 is 2.18 bits per heavy atom. The molecule has 2 aromatic rings. The van der Waals surface area contributed by atoms with Crippen LogP contribution in [0.3, 0.4) is 0 Å². The number of rotatable bonds is 2. The number of amides is 1. The quantitative estimate of drug-likeness (QED) is 0.855. The van der Waals surface area contributed by atoms with E-state index in [9.17, 15) is 4.79 Å². The maximum atomic E-state index is 11.8. The molecule has 1 saturated carbocycles. The van der Waals surface area contributed by atoms with E-state index >= 15 is 0 Å². The van der Waals surface area contributed by atoms with Crippen molar-refractivity contribution in [3.8, 4) is 0 Å². The van der Waals surface area contributed by atoms with E-state index in [-0.39, 0.29) is 11.8 Å². The molecule has 3 rings (SSSR count). The highest BCUT2D eigenvalue weighted by molar-refractivity contribution is 5.95. The summed E-state index contributed by atoms with van der Waals surface area (Å²) in [4.78, 5) is 16.1. The third-order valence-corrected chi connectivity index (χ3v) is 3.30. The molecule has 1 aliphatic rings. The molecule has 1 aromatic carbocycles. The lowest BCUT2D eigenvalue weighted by Crippen LogP contribution is -2.14. The van der Waals surface area contributed by atoms with Crippen molar-refractivity contribution in [1.82, 2.24) is 4.98 Å². The molecular weight excluding hydrogens is 212 g/mol. The minimum Gasteiger partial charge on any atom is -0.324 e. The van der Waals surface area contributed by atoms with Gasteiger partial charge in [0.15, 0.2) is 0 Å². The number of hydrogen-bond acceptors (Lipinski definition) is 2. The van der Waals surface area contributed by atoms with Crippen LogP contribution in [0.15, 0.2) is 36.5 Å². The normalized spacial score (nSPS) is 22.4. The molecule has 0 aliphatic heterocycles. The van der Waals surface area contributed by atoms with E-state index in [1.165, 1.54) is 0 Å². The summed E-state index contributed by atoms with van der Waals surface area (Å²) < 4.78 is 0. The Balaban J connectivity index is 1.83. The van der Waals surface area contributed by atoms with Gasteiger partial charge in [0.2, 0.25) is 5.91 Å². The first-order valence-corrected chi connectivity index (χ1v) is 5.90. The number of aromatic nitrogens is 1. The van der Waals surface area contributed by atoms with Gasteiger partial charge in [0.25, 0.3) is 0 Å². The summed E-state index contributed by atoms with van der Waals surface area (Å²) in [6.07, 6.45) is 2.72. The fourth-order valence-electron chi connectivity index (χ4n) is 2.06. The van der Waals surface area contributed by atoms with Crippen molar-refractivity contribution >= 4 is 22.5 Å². The lowest BCUT2D eigenvalue weighted by Gasteiger charge is -2.05. The van der Waals surface area contributed by atoms with Crippen LogP contribution in [0.4, 0.5) is 5.69 Å². The fraction of sp³-hybridized carbons (Fsp3) is 0.286. The van der Waals surface area contributed by atoms with E-state index in [4.69, 9.17) is 0 Å². The van der Waals surface area contributed by atoms with Gasteiger partial charge in [-0.25, -0.2) is 0 Å². The number of carbonyl (C=O) groups excluding carboxylic acids is 1. The molecule has 1 N–H and O–H groups in total. The van der Waals surface area contributed by atoms with Gasteiger partial charge in [-0.1, -0.05) is 25.1 Å². The Morgan fingerprint density at radius 1 is 1.41 bits per heavy atom. The lowest BCUT2D eigenvalue weighted by molar-refractivity contribution is -0.117. The van der Waals surface area contributed by atoms with Crippen molar-refractivity contribution in [2.75, 3.05) is 5.32 Å². The summed E-state index contributed by atoms with van der Waals surface area (Å²) in [5.41, 5.74) is 1.73. The van der Waals surface area contributed by atoms with Gasteiger partial charge in [0.05, 0.1) is 17.4 Å². The van der Waals surface area contributed by atoms with E-state index in [0.29, 0.717) is 5.92 Å². The third kappa shape index (κ3) is 2.00. The van der Waals surface area contributed by atoms with Crippen molar-refractivity contribution in [3.05, 3.63) is 36.5 Å². The first-order valence-electron chi connectivity index (χ1n) is 5.90. The summed E-state index contributed by atoms with van der Waals surface area (Å²) in [5.74, 6) is 0.847. The zero-order chi connectivity index (χ0) is 11.8. The van der Waals surface area contributed by atoms with Crippen molar-refractivity contribution < 1.29 is 4.79 Å². The molecule has 1 amide bonds. The summed E-state index contributed by atoms with van der Waals surface area (Å²) in [6.45, 7) is 2.10. The maximum Gasteiger partial charge on any atom is 0.227 e. The molecule has 1 aromatic heterocycles. The molecule has 2 atom stereocenters. The summed E-state index contributed by atoms with van der Waals surface area (Å²) in [6, 6.07) is 9.85. The molecule has 1 fully saturated rings. The molecule has 3 nitrogen and oxygen atoms in total. The number of fused-ring (bicyclic) bond motifs is 1. The van der Waals surface area contributed by atoms with Gasteiger partial charge in [-0.2, -0.15) is 0 Å². The van der Waals surface area contributed by atoms with Crippen molar-refractivity contribution in [3.63, 3.8) is 0 Å². The highest BCUT2D eigenvalue weighted by Gasteiger charge is 2.39. The zero-order valence-electron chi connectivity index (χ0n) is 9.68. The first kappa shape index (κ1) is 10.3. The molecule has 0 spiro atoms. The van der Waals surface area contributed by atoms with Crippen LogP contribution in [0.2, 0.25) is 0 Å². The van der Waals surface area contributed by atoms with Crippen molar-refractivity contribution in [1.29, 1.82) is 0 Å². The molecule has 17 heavy (non-hydrogen) atoms. The SMILES string of the molecule is CC1CC1C(=O)Nc1cnc2ccccc2c1. The van der Waals surface area contributed by atoms with Crippen molar-refractivity contribution in [2.24, 2.45) is 11.8 Å². The monoisotopic (exact) mass is 226 g/mol. The summed E-state index contributed by atoms with van der Waals surface area (Å²) in [5, 5.41) is 3.98. The number of benzene rings is 1. The van der Waals surface area contributed by atoms with Crippen LogP contribution in [0.5, 0.6) is 0 Å². The summed E-state index contributed by atoms with van der Waals surface area (Å²) >= 11 is 0. The van der Waals surface area contributed by atoms with Gasteiger partial charge in [-0.15, -0.1) is 0 Å². The molecule has 1 aliphatic carbocycles. The standard InChI is InChI=1S/C14H14N2O/c1-9-6-12(9)14(17)16-11-7-10-4-2-3-5-13(10)15-8-11/h2-5,7-9,12H,6H2,1H3,(H,16,17). The second-order valence-corrected chi connectivity index (χ2v) is 4.73. The van der Waals surface area contributed by atoms with Crippen LogP contribution in [-0.4, -0.2) is 10.9 Å². The van der Waals surface area contributed by atoms with Crippen LogP contribution in [-0.2, 0) is 4.79 Å². The number of carbonyl (C=O) groups is 1. The van der Waals surface area contributed by atoms with Gasteiger partial charge in [0.1, 0.15) is 0 Å². The van der Waals surface area contributed by atoms with Crippen LogP contribution in [0.1, 0.15) is 13.3 Å². The van der Waals surface area contributed by atoms with E-state index in [0.717, 1.165) is 23.0 Å². The van der Waals surface area contributed by atoms with Gasteiger partial charge in [-0.05, 0) is 24.5 Å². The average molecular weight is 226 g/mol. The Hall–Kier alpha value is -1.90. The van der Waals surface area contributed by atoms with Gasteiger partial charge in [0, 0.05) is 11.3 Å².